The van der Waals surface area contributed by atoms with Crippen molar-refractivity contribution in [3.8, 4) is 5.69 Å². The zero-order chi connectivity index (χ0) is 11.7. The number of hydrogen-bond acceptors (Lipinski definition) is 2. The summed E-state index contributed by atoms with van der Waals surface area (Å²) in [6, 6.07) is 4.77. The second kappa shape index (κ2) is 4.35. The molecule has 0 radical (unpaired) electrons. The number of halogens is 2. The predicted octanol–water partition coefficient (Wildman–Crippen LogP) is 2.79. The molecule has 3 nitrogen and oxygen atoms in total. The quantitative estimate of drug-likeness (QED) is 0.921. The SMILES string of the molecule is C[C@H](N)c1cncn1-c1ccc(Br)c(F)c1. The summed E-state index contributed by atoms with van der Waals surface area (Å²) in [4.78, 5) is 4.02. The number of nitrogens with zero attached hydrogens (tertiary/aromatic N) is 2. The Morgan fingerprint density at radius 2 is 2.25 bits per heavy atom. The average Bonchev–Trinajstić information content (AvgIpc) is 2.71. The van der Waals surface area contributed by atoms with Gasteiger partial charge in [0.15, 0.2) is 0 Å². The lowest BCUT2D eigenvalue weighted by Gasteiger charge is -2.11. The first-order valence-corrected chi connectivity index (χ1v) is 5.62. The largest absolute Gasteiger partial charge is 0.323 e. The van der Waals surface area contributed by atoms with Gasteiger partial charge in [-0.2, -0.15) is 0 Å². The standard InChI is InChI=1S/C11H11BrFN3/c1-7(14)11-5-15-6-16(11)8-2-3-9(12)10(13)4-8/h2-7H,14H2,1H3/t7-/m0/s1. The third-order valence-electron chi connectivity index (χ3n) is 2.31. The van der Waals surface area contributed by atoms with Crippen molar-refractivity contribution in [3.63, 3.8) is 0 Å². The maximum atomic E-state index is 13.4. The van der Waals surface area contributed by atoms with Crippen molar-refractivity contribution >= 4 is 15.9 Å². The highest BCUT2D eigenvalue weighted by Gasteiger charge is 2.09. The molecule has 1 heterocycles. The van der Waals surface area contributed by atoms with E-state index in [2.05, 4.69) is 20.9 Å². The van der Waals surface area contributed by atoms with Crippen LogP contribution in [0, 0.1) is 5.82 Å². The minimum Gasteiger partial charge on any atom is -0.323 e. The summed E-state index contributed by atoms with van der Waals surface area (Å²) in [7, 11) is 0. The van der Waals surface area contributed by atoms with Crippen LogP contribution in [0.2, 0.25) is 0 Å². The van der Waals surface area contributed by atoms with E-state index in [1.165, 1.54) is 6.07 Å². The number of rotatable bonds is 2. The molecule has 0 fully saturated rings. The minimum atomic E-state index is -0.304. The molecule has 2 N–H and O–H groups in total. The van der Waals surface area contributed by atoms with Gasteiger partial charge in [-0.25, -0.2) is 9.37 Å². The van der Waals surface area contributed by atoms with Crippen LogP contribution in [0.1, 0.15) is 18.7 Å². The molecule has 1 atom stereocenters. The van der Waals surface area contributed by atoms with Crippen LogP contribution in [0.5, 0.6) is 0 Å². The summed E-state index contributed by atoms with van der Waals surface area (Å²) in [5, 5.41) is 0. The first-order valence-electron chi connectivity index (χ1n) is 4.83. The number of nitrogens with two attached hydrogens (primary N) is 1. The fourth-order valence-corrected chi connectivity index (χ4v) is 1.74. The van der Waals surface area contributed by atoms with Gasteiger partial charge in [0.05, 0.1) is 22.7 Å². The highest BCUT2D eigenvalue weighted by molar-refractivity contribution is 9.10. The van der Waals surface area contributed by atoms with E-state index in [4.69, 9.17) is 5.73 Å². The van der Waals surface area contributed by atoms with Crippen LogP contribution in [0.4, 0.5) is 4.39 Å². The van der Waals surface area contributed by atoms with Gasteiger partial charge < -0.3 is 10.3 Å². The molecule has 2 rings (SSSR count). The Hall–Kier alpha value is -1.20. The Labute approximate surface area is 101 Å². The van der Waals surface area contributed by atoms with Gasteiger partial charge >= 0.3 is 0 Å². The number of hydrogen-bond donors (Lipinski definition) is 1. The summed E-state index contributed by atoms with van der Waals surface area (Å²) in [6.45, 7) is 1.86. The lowest BCUT2D eigenvalue weighted by atomic mass is 10.2. The van der Waals surface area contributed by atoms with E-state index in [1.54, 1.807) is 29.2 Å². The number of aromatic nitrogens is 2. The van der Waals surface area contributed by atoms with Gasteiger partial charge in [-0.15, -0.1) is 0 Å². The Bertz CT molecular complexity index is 508. The van der Waals surface area contributed by atoms with Crippen LogP contribution in [-0.2, 0) is 0 Å². The van der Waals surface area contributed by atoms with Crippen molar-refractivity contribution in [2.45, 2.75) is 13.0 Å². The van der Waals surface area contributed by atoms with Crippen LogP contribution < -0.4 is 5.73 Å². The molecule has 0 aliphatic carbocycles. The van der Waals surface area contributed by atoms with E-state index in [1.807, 2.05) is 6.92 Å². The van der Waals surface area contributed by atoms with Crippen molar-refractivity contribution in [3.05, 3.63) is 46.7 Å². The molecule has 2 aromatic rings. The molecule has 16 heavy (non-hydrogen) atoms. The lowest BCUT2D eigenvalue weighted by molar-refractivity contribution is 0.619. The molecule has 84 valence electrons. The van der Waals surface area contributed by atoms with Crippen molar-refractivity contribution in [2.75, 3.05) is 0 Å². The number of benzene rings is 1. The van der Waals surface area contributed by atoms with Gasteiger partial charge in [0, 0.05) is 11.7 Å². The maximum Gasteiger partial charge on any atom is 0.139 e. The van der Waals surface area contributed by atoms with Crippen molar-refractivity contribution in [2.24, 2.45) is 5.73 Å². The lowest BCUT2D eigenvalue weighted by Crippen LogP contribution is -2.10. The van der Waals surface area contributed by atoms with Gasteiger partial charge in [-0.1, -0.05) is 0 Å². The van der Waals surface area contributed by atoms with Crippen LogP contribution in [0.3, 0.4) is 0 Å². The molecule has 0 saturated heterocycles. The highest BCUT2D eigenvalue weighted by atomic mass is 79.9. The molecule has 0 aliphatic heterocycles. The van der Waals surface area contributed by atoms with Gasteiger partial charge in [0.25, 0.3) is 0 Å². The molecular weight excluding hydrogens is 273 g/mol. The van der Waals surface area contributed by atoms with Gasteiger partial charge in [-0.3, -0.25) is 0 Å². The van der Waals surface area contributed by atoms with Crippen LogP contribution >= 0.6 is 15.9 Å². The summed E-state index contributed by atoms with van der Waals surface area (Å²) in [5.41, 5.74) is 7.36. The van der Waals surface area contributed by atoms with Crippen molar-refractivity contribution in [1.82, 2.24) is 9.55 Å². The molecule has 0 aliphatic rings. The number of imidazole rings is 1. The zero-order valence-corrected chi connectivity index (χ0v) is 10.3. The third-order valence-corrected chi connectivity index (χ3v) is 2.96. The topological polar surface area (TPSA) is 43.8 Å². The van der Waals surface area contributed by atoms with E-state index in [0.717, 1.165) is 5.69 Å². The Balaban J connectivity index is 2.50. The summed E-state index contributed by atoms with van der Waals surface area (Å²) in [5.74, 6) is -0.304. The van der Waals surface area contributed by atoms with Gasteiger partial charge in [0.2, 0.25) is 0 Å². The molecule has 0 unspecified atom stereocenters. The Morgan fingerprint density at radius 3 is 2.88 bits per heavy atom. The smallest absolute Gasteiger partial charge is 0.139 e. The van der Waals surface area contributed by atoms with Gasteiger partial charge in [-0.05, 0) is 41.1 Å². The Morgan fingerprint density at radius 1 is 1.50 bits per heavy atom. The summed E-state index contributed by atoms with van der Waals surface area (Å²) in [6.07, 6.45) is 3.31. The molecular formula is C11H11BrFN3. The maximum absolute atomic E-state index is 13.4. The third kappa shape index (κ3) is 2.01. The fraction of sp³-hybridized carbons (Fsp3) is 0.182. The van der Waals surface area contributed by atoms with E-state index in [9.17, 15) is 4.39 Å². The Kier molecular flexibility index (Phi) is 3.07. The second-order valence-electron chi connectivity index (χ2n) is 3.58. The van der Waals surface area contributed by atoms with E-state index in [-0.39, 0.29) is 11.9 Å². The normalized spacial score (nSPS) is 12.8. The zero-order valence-electron chi connectivity index (χ0n) is 8.69. The predicted molar refractivity (Wildman–Crippen MR) is 63.8 cm³/mol. The van der Waals surface area contributed by atoms with Gasteiger partial charge in [0.1, 0.15) is 5.82 Å². The molecule has 0 bridgehead atoms. The van der Waals surface area contributed by atoms with Crippen LogP contribution in [0.15, 0.2) is 35.2 Å². The van der Waals surface area contributed by atoms with E-state index < -0.39 is 0 Å². The first-order chi connectivity index (χ1) is 7.59. The summed E-state index contributed by atoms with van der Waals surface area (Å²) >= 11 is 3.12. The van der Waals surface area contributed by atoms with Crippen molar-refractivity contribution < 1.29 is 4.39 Å². The molecule has 1 aromatic heterocycles. The molecule has 5 heteroatoms. The fourth-order valence-electron chi connectivity index (χ4n) is 1.49. The minimum absolute atomic E-state index is 0.144. The van der Waals surface area contributed by atoms with E-state index >= 15 is 0 Å². The van der Waals surface area contributed by atoms with Crippen LogP contribution in [0.25, 0.3) is 5.69 Å². The molecule has 0 saturated carbocycles. The van der Waals surface area contributed by atoms with Crippen molar-refractivity contribution in [1.29, 1.82) is 0 Å². The molecule has 0 amide bonds. The average molecular weight is 284 g/mol. The second-order valence-corrected chi connectivity index (χ2v) is 4.43. The highest BCUT2D eigenvalue weighted by Crippen LogP contribution is 2.21. The molecule has 0 spiro atoms. The van der Waals surface area contributed by atoms with E-state index in [0.29, 0.717) is 10.2 Å². The summed E-state index contributed by atoms with van der Waals surface area (Å²) < 4.78 is 15.6. The van der Waals surface area contributed by atoms with Crippen LogP contribution in [-0.4, -0.2) is 9.55 Å². The monoisotopic (exact) mass is 283 g/mol. The molecule has 1 aromatic carbocycles. The first kappa shape index (κ1) is 11.3.